The predicted molar refractivity (Wildman–Crippen MR) is 65.3 cm³/mol. The van der Waals surface area contributed by atoms with E-state index in [9.17, 15) is 4.39 Å². The third kappa shape index (κ3) is 2.29. The van der Waals surface area contributed by atoms with Crippen LogP contribution in [0.15, 0.2) is 28.2 Å². The van der Waals surface area contributed by atoms with Gasteiger partial charge in [-0.3, -0.25) is 4.90 Å². The number of hydrogen-bond donors (Lipinski definition) is 0. The number of benzene rings is 1. The summed E-state index contributed by atoms with van der Waals surface area (Å²) in [5, 5.41) is 0.0832. The number of amidine groups is 1. The normalized spacial score (nSPS) is 19.9. The largest absolute Gasteiger partial charge is 0.296 e. The molecule has 3 nitrogen and oxygen atoms in total. The van der Waals surface area contributed by atoms with Gasteiger partial charge >= 0.3 is 0 Å². The SMILES string of the molecule is Fc1ccc(N2C=NC(Cl)=NC2Cl)cc1Cl. The van der Waals surface area contributed by atoms with Crippen LogP contribution in [0.1, 0.15) is 0 Å². The van der Waals surface area contributed by atoms with Crippen LogP contribution in [0.5, 0.6) is 0 Å². The van der Waals surface area contributed by atoms with Gasteiger partial charge in [0.2, 0.25) is 10.9 Å². The maximum atomic E-state index is 13.0. The molecule has 1 aliphatic heterocycles. The topological polar surface area (TPSA) is 28.0 Å². The summed E-state index contributed by atoms with van der Waals surface area (Å²) >= 11 is 17.2. The van der Waals surface area contributed by atoms with Gasteiger partial charge in [0.15, 0.2) is 0 Å². The number of hydrogen-bond acceptors (Lipinski definition) is 3. The summed E-state index contributed by atoms with van der Waals surface area (Å²) < 4.78 is 13.0. The van der Waals surface area contributed by atoms with Crippen molar-refractivity contribution in [1.29, 1.82) is 0 Å². The third-order valence-electron chi connectivity index (χ3n) is 1.93. The highest BCUT2D eigenvalue weighted by Crippen LogP contribution is 2.26. The minimum atomic E-state index is -0.716. The Balaban J connectivity index is 2.32. The van der Waals surface area contributed by atoms with Crippen molar-refractivity contribution in [2.24, 2.45) is 9.98 Å². The van der Waals surface area contributed by atoms with E-state index in [1.807, 2.05) is 0 Å². The van der Waals surface area contributed by atoms with Crippen LogP contribution >= 0.6 is 34.8 Å². The molecule has 0 radical (unpaired) electrons. The van der Waals surface area contributed by atoms with Gasteiger partial charge in [-0.15, -0.1) is 0 Å². The molecular weight excluding hydrogens is 275 g/mol. The Bertz CT molecular complexity index is 475. The molecule has 16 heavy (non-hydrogen) atoms. The van der Waals surface area contributed by atoms with Crippen molar-refractivity contribution in [2.75, 3.05) is 4.90 Å². The quantitative estimate of drug-likeness (QED) is 0.572. The lowest BCUT2D eigenvalue weighted by Crippen LogP contribution is -2.31. The van der Waals surface area contributed by atoms with E-state index >= 15 is 0 Å². The van der Waals surface area contributed by atoms with Gasteiger partial charge in [-0.2, -0.15) is 0 Å². The van der Waals surface area contributed by atoms with E-state index in [1.165, 1.54) is 29.4 Å². The van der Waals surface area contributed by atoms with Crippen LogP contribution in [0.3, 0.4) is 0 Å². The number of rotatable bonds is 1. The summed E-state index contributed by atoms with van der Waals surface area (Å²) in [5.41, 5.74) is -0.130. The first kappa shape index (κ1) is 11.6. The van der Waals surface area contributed by atoms with Crippen LogP contribution in [0.25, 0.3) is 0 Å². The minimum Gasteiger partial charge on any atom is -0.296 e. The lowest BCUT2D eigenvalue weighted by molar-refractivity contribution is 0.628. The lowest BCUT2D eigenvalue weighted by atomic mass is 10.3. The minimum absolute atomic E-state index is 0.00965. The second kappa shape index (κ2) is 4.57. The fourth-order valence-electron chi connectivity index (χ4n) is 1.18. The molecule has 0 saturated carbocycles. The van der Waals surface area contributed by atoms with Crippen LogP contribution < -0.4 is 4.90 Å². The van der Waals surface area contributed by atoms with Gasteiger partial charge in [0.05, 0.1) is 5.02 Å². The van der Waals surface area contributed by atoms with Gasteiger partial charge in [0.25, 0.3) is 0 Å². The standard InChI is InChI=1S/C9H5Cl3FN3/c10-6-3-5(1-2-7(6)13)16-4-14-8(11)15-9(16)12/h1-4,9H. The highest BCUT2D eigenvalue weighted by atomic mass is 35.5. The first-order valence-corrected chi connectivity index (χ1v) is 5.42. The summed E-state index contributed by atoms with van der Waals surface area (Å²) in [7, 11) is 0. The van der Waals surface area contributed by atoms with Crippen molar-refractivity contribution in [2.45, 2.75) is 5.62 Å². The van der Waals surface area contributed by atoms with Gasteiger partial charge in [-0.1, -0.05) is 23.2 Å². The Morgan fingerprint density at radius 2 is 2.06 bits per heavy atom. The van der Waals surface area contributed by atoms with Crippen molar-refractivity contribution in [3.63, 3.8) is 0 Å². The lowest BCUT2D eigenvalue weighted by Gasteiger charge is -2.24. The van der Waals surface area contributed by atoms with E-state index in [0.717, 1.165) is 0 Å². The molecule has 1 aliphatic rings. The van der Waals surface area contributed by atoms with Crippen LogP contribution in [0, 0.1) is 5.82 Å². The summed E-state index contributed by atoms with van der Waals surface area (Å²) in [6.45, 7) is 0. The number of aliphatic imine (C=N–C) groups is 2. The summed E-state index contributed by atoms with van der Waals surface area (Å²) in [4.78, 5) is 9.13. The van der Waals surface area contributed by atoms with E-state index in [2.05, 4.69) is 9.98 Å². The smallest absolute Gasteiger partial charge is 0.222 e. The van der Waals surface area contributed by atoms with Crippen molar-refractivity contribution in [1.82, 2.24) is 0 Å². The average molecular weight is 281 g/mol. The molecule has 0 saturated heterocycles. The molecule has 1 aromatic rings. The van der Waals surface area contributed by atoms with Crippen LogP contribution in [0.2, 0.25) is 5.02 Å². The second-order valence-electron chi connectivity index (χ2n) is 2.96. The van der Waals surface area contributed by atoms with Crippen molar-refractivity contribution >= 4 is 52.1 Å². The van der Waals surface area contributed by atoms with E-state index in [1.54, 1.807) is 0 Å². The highest BCUT2D eigenvalue weighted by Gasteiger charge is 2.18. The molecule has 0 bridgehead atoms. The molecule has 1 unspecified atom stereocenters. The zero-order valence-electron chi connectivity index (χ0n) is 7.74. The highest BCUT2D eigenvalue weighted by molar-refractivity contribution is 6.66. The molecule has 1 aromatic carbocycles. The molecule has 84 valence electrons. The molecule has 2 rings (SSSR count). The molecule has 1 atom stereocenters. The maximum absolute atomic E-state index is 13.0. The third-order valence-corrected chi connectivity index (χ3v) is 2.73. The average Bonchev–Trinajstić information content (AvgIpc) is 2.22. The molecule has 1 heterocycles. The number of nitrogens with zero attached hydrogens (tertiary/aromatic N) is 3. The maximum Gasteiger partial charge on any atom is 0.222 e. The molecule has 0 amide bonds. The van der Waals surface area contributed by atoms with Gasteiger partial charge < -0.3 is 0 Å². The second-order valence-corrected chi connectivity index (χ2v) is 4.09. The van der Waals surface area contributed by atoms with Crippen molar-refractivity contribution < 1.29 is 4.39 Å². The van der Waals surface area contributed by atoms with Crippen molar-refractivity contribution in [3.05, 3.63) is 29.0 Å². The van der Waals surface area contributed by atoms with Gasteiger partial charge in [-0.25, -0.2) is 14.4 Å². The molecular formula is C9H5Cl3FN3. The van der Waals surface area contributed by atoms with E-state index in [0.29, 0.717) is 5.69 Å². The Kier molecular flexibility index (Phi) is 3.33. The Labute approximate surface area is 106 Å². The molecule has 0 N–H and O–H groups in total. The van der Waals surface area contributed by atoms with Gasteiger partial charge in [0, 0.05) is 5.69 Å². The molecule has 0 aromatic heterocycles. The molecule has 7 heteroatoms. The zero-order chi connectivity index (χ0) is 11.7. The Morgan fingerprint density at radius 1 is 1.31 bits per heavy atom. The van der Waals surface area contributed by atoms with E-state index < -0.39 is 11.4 Å². The first-order chi connectivity index (χ1) is 7.58. The van der Waals surface area contributed by atoms with Gasteiger partial charge in [-0.05, 0) is 29.8 Å². The Hall–Kier alpha value is -0.840. The summed E-state index contributed by atoms with van der Waals surface area (Å²) in [6, 6.07) is 4.21. The summed E-state index contributed by atoms with van der Waals surface area (Å²) in [5.74, 6) is -0.493. The zero-order valence-corrected chi connectivity index (χ0v) is 10.0. The molecule has 0 spiro atoms. The number of anilines is 1. The summed E-state index contributed by atoms with van der Waals surface area (Å²) in [6.07, 6.45) is 1.41. The van der Waals surface area contributed by atoms with Crippen LogP contribution in [-0.4, -0.2) is 17.3 Å². The fourth-order valence-corrected chi connectivity index (χ4v) is 1.80. The number of halogens is 4. The molecule has 0 aliphatic carbocycles. The monoisotopic (exact) mass is 279 g/mol. The number of alkyl halides is 1. The predicted octanol–water partition coefficient (Wildman–Crippen LogP) is 3.44. The Morgan fingerprint density at radius 3 is 2.69 bits per heavy atom. The van der Waals surface area contributed by atoms with E-state index in [4.69, 9.17) is 34.8 Å². The molecule has 0 fully saturated rings. The van der Waals surface area contributed by atoms with Crippen LogP contribution in [-0.2, 0) is 0 Å². The fraction of sp³-hybridized carbons (Fsp3) is 0.111. The first-order valence-electron chi connectivity index (χ1n) is 4.23. The van der Waals surface area contributed by atoms with E-state index in [-0.39, 0.29) is 10.3 Å². The van der Waals surface area contributed by atoms with Crippen LogP contribution in [0.4, 0.5) is 10.1 Å². The van der Waals surface area contributed by atoms with Crippen molar-refractivity contribution in [3.8, 4) is 0 Å². The van der Waals surface area contributed by atoms with Gasteiger partial charge in [0.1, 0.15) is 12.2 Å².